The van der Waals surface area contributed by atoms with Crippen LogP contribution in [0.5, 0.6) is 0 Å². The molecule has 4 aromatic rings. The molecule has 0 amide bonds. The zero-order valence-electron chi connectivity index (χ0n) is 15.4. The van der Waals surface area contributed by atoms with E-state index in [2.05, 4.69) is 46.4 Å². The fraction of sp³-hybridized carbons (Fsp3) is 0.182. The van der Waals surface area contributed by atoms with Gasteiger partial charge in [-0.25, -0.2) is 9.37 Å². The molecular weight excluding hydrogens is 339 g/mol. The summed E-state index contributed by atoms with van der Waals surface area (Å²) in [4.78, 5) is 10.6. The second-order valence-corrected chi connectivity index (χ2v) is 6.68. The van der Waals surface area contributed by atoms with E-state index in [0.717, 1.165) is 39.1 Å². The summed E-state index contributed by atoms with van der Waals surface area (Å²) < 4.78 is 15.1. The van der Waals surface area contributed by atoms with Gasteiger partial charge in [-0.2, -0.15) is 0 Å². The Hall–Kier alpha value is -3.21. The van der Waals surface area contributed by atoms with Crippen molar-refractivity contribution in [2.45, 2.75) is 6.54 Å². The predicted molar refractivity (Wildman–Crippen MR) is 109 cm³/mol. The normalized spacial score (nSPS) is 11.1. The molecule has 0 atom stereocenters. The van der Waals surface area contributed by atoms with E-state index in [9.17, 15) is 4.39 Å². The number of alkyl halides is 1. The van der Waals surface area contributed by atoms with Crippen molar-refractivity contribution in [2.24, 2.45) is 0 Å². The highest BCUT2D eigenvalue weighted by Crippen LogP contribution is 2.30. The number of nitrogens with zero attached hydrogens (tertiary/aromatic N) is 4. The van der Waals surface area contributed by atoms with Gasteiger partial charge in [-0.3, -0.25) is 4.98 Å². The summed E-state index contributed by atoms with van der Waals surface area (Å²) in [6.45, 7) is -0.0875. The first kappa shape index (κ1) is 17.2. The van der Waals surface area contributed by atoms with E-state index in [1.165, 1.54) is 0 Å². The lowest BCUT2D eigenvalue weighted by Gasteiger charge is -2.12. The molecule has 27 heavy (non-hydrogen) atoms. The van der Waals surface area contributed by atoms with E-state index >= 15 is 0 Å². The molecule has 0 radical (unpaired) electrons. The Morgan fingerprint density at radius 3 is 2.33 bits per heavy atom. The van der Waals surface area contributed by atoms with E-state index in [4.69, 9.17) is 0 Å². The molecule has 0 aliphatic carbocycles. The minimum absolute atomic E-state index is 0.322. The summed E-state index contributed by atoms with van der Waals surface area (Å²) in [5.74, 6) is 0.930. The first-order valence-electron chi connectivity index (χ1n) is 8.91. The van der Waals surface area contributed by atoms with Crippen LogP contribution in [0, 0.1) is 0 Å². The van der Waals surface area contributed by atoms with Gasteiger partial charge in [-0.1, -0.05) is 24.3 Å². The van der Waals surface area contributed by atoms with Crippen LogP contribution in [0.15, 0.2) is 67.1 Å². The third-order valence-corrected chi connectivity index (χ3v) is 4.73. The van der Waals surface area contributed by atoms with Crippen molar-refractivity contribution in [3.8, 4) is 22.4 Å². The second-order valence-electron chi connectivity index (χ2n) is 6.68. The average Bonchev–Trinajstić information content (AvgIpc) is 3.07. The molecular formula is C22H21FN4. The zero-order valence-corrected chi connectivity index (χ0v) is 15.4. The molecule has 0 spiro atoms. The molecule has 0 saturated carbocycles. The minimum atomic E-state index is -0.409. The number of aryl methyl sites for hydroxylation is 1. The van der Waals surface area contributed by atoms with Crippen LogP contribution in [0.1, 0.15) is 0 Å². The van der Waals surface area contributed by atoms with Crippen LogP contribution < -0.4 is 4.90 Å². The van der Waals surface area contributed by atoms with Crippen molar-refractivity contribution in [1.82, 2.24) is 14.5 Å². The lowest BCUT2D eigenvalue weighted by molar-refractivity contribution is 0.452. The van der Waals surface area contributed by atoms with Crippen LogP contribution in [0.2, 0.25) is 0 Å². The Bertz CT molecular complexity index is 1050. The molecule has 4 rings (SSSR count). The van der Waals surface area contributed by atoms with Crippen molar-refractivity contribution < 1.29 is 4.39 Å². The molecule has 0 unspecified atom stereocenters. The predicted octanol–water partition coefficient (Wildman–Crippen LogP) is 4.80. The summed E-state index contributed by atoms with van der Waals surface area (Å²) in [5.41, 5.74) is 5.19. The highest BCUT2D eigenvalue weighted by Gasteiger charge is 2.11. The number of halogens is 1. The van der Waals surface area contributed by atoms with Crippen LogP contribution in [0.4, 0.5) is 10.2 Å². The number of rotatable bonds is 5. The smallest absolute Gasteiger partial charge is 0.127 e. The van der Waals surface area contributed by atoms with Crippen molar-refractivity contribution >= 4 is 16.7 Å². The van der Waals surface area contributed by atoms with Crippen LogP contribution in [0.3, 0.4) is 0 Å². The number of anilines is 1. The monoisotopic (exact) mass is 360 g/mol. The van der Waals surface area contributed by atoms with Gasteiger partial charge in [0.05, 0.1) is 18.3 Å². The Kier molecular flexibility index (Phi) is 4.59. The van der Waals surface area contributed by atoms with E-state index < -0.39 is 6.67 Å². The second kappa shape index (κ2) is 7.19. The maximum Gasteiger partial charge on any atom is 0.127 e. The largest absolute Gasteiger partial charge is 0.363 e. The standard InChI is InChI=1S/C22H21FN4/c1-26(2)22-8-7-19(14-25-22)16-3-5-17(6-4-16)20-13-18-9-11-24-15-21(18)27(20)12-10-23/h3-9,11,13-15H,10,12H2,1-2H3. The summed E-state index contributed by atoms with van der Waals surface area (Å²) >= 11 is 0. The first-order chi connectivity index (χ1) is 13.2. The van der Waals surface area contributed by atoms with Gasteiger partial charge in [-0.15, -0.1) is 0 Å². The van der Waals surface area contributed by atoms with E-state index in [-0.39, 0.29) is 0 Å². The summed E-state index contributed by atoms with van der Waals surface area (Å²) in [6, 6.07) is 16.4. The SMILES string of the molecule is CN(C)c1ccc(-c2ccc(-c3cc4ccncc4n3CCF)cc2)cn1. The maximum absolute atomic E-state index is 13.1. The van der Waals surface area contributed by atoms with Gasteiger partial charge >= 0.3 is 0 Å². The van der Waals surface area contributed by atoms with Gasteiger partial charge in [0.1, 0.15) is 12.5 Å². The van der Waals surface area contributed by atoms with Crippen LogP contribution in [-0.2, 0) is 6.54 Å². The first-order valence-corrected chi connectivity index (χ1v) is 8.91. The van der Waals surface area contributed by atoms with E-state index in [0.29, 0.717) is 6.54 Å². The number of benzene rings is 1. The Labute approximate surface area is 157 Å². The van der Waals surface area contributed by atoms with Gasteiger partial charge < -0.3 is 9.47 Å². The Morgan fingerprint density at radius 2 is 1.67 bits per heavy atom. The third kappa shape index (κ3) is 3.28. The Morgan fingerprint density at radius 1 is 0.926 bits per heavy atom. The van der Waals surface area contributed by atoms with Gasteiger partial charge in [0.15, 0.2) is 0 Å². The summed E-state index contributed by atoms with van der Waals surface area (Å²) in [7, 11) is 3.95. The Balaban J connectivity index is 1.70. The highest BCUT2D eigenvalue weighted by atomic mass is 19.1. The number of fused-ring (bicyclic) bond motifs is 1. The molecule has 3 aromatic heterocycles. The molecule has 1 aromatic carbocycles. The molecule has 5 heteroatoms. The van der Waals surface area contributed by atoms with Gasteiger partial charge in [0, 0.05) is 43.1 Å². The third-order valence-electron chi connectivity index (χ3n) is 4.73. The van der Waals surface area contributed by atoms with Crippen molar-refractivity contribution in [3.05, 3.63) is 67.1 Å². The number of hydrogen-bond acceptors (Lipinski definition) is 3. The van der Waals surface area contributed by atoms with Crippen molar-refractivity contribution in [2.75, 3.05) is 25.7 Å². The molecule has 3 heterocycles. The maximum atomic E-state index is 13.1. The molecule has 0 fully saturated rings. The van der Waals surface area contributed by atoms with Crippen molar-refractivity contribution in [3.63, 3.8) is 0 Å². The number of aromatic nitrogens is 3. The van der Waals surface area contributed by atoms with Crippen LogP contribution in [-0.4, -0.2) is 35.3 Å². The van der Waals surface area contributed by atoms with E-state index in [1.807, 2.05) is 41.9 Å². The van der Waals surface area contributed by atoms with Crippen LogP contribution in [0.25, 0.3) is 33.3 Å². The molecule has 0 aliphatic rings. The van der Waals surface area contributed by atoms with E-state index in [1.54, 1.807) is 12.4 Å². The lowest BCUT2D eigenvalue weighted by atomic mass is 10.0. The van der Waals surface area contributed by atoms with Gasteiger partial charge in [0.25, 0.3) is 0 Å². The van der Waals surface area contributed by atoms with Gasteiger partial charge in [0.2, 0.25) is 0 Å². The quantitative estimate of drug-likeness (QED) is 0.513. The molecule has 0 saturated heterocycles. The molecule has 0 N–H and O–H groups in total. The molecule has 0 bridgehead atoms. The highest BCUT2D eigenvalue weighted by molar-refractivity contribution is 5.86. The minimum Gasteiger partial charge on any atom is -0.363 e. The lowest BCUT2D eigenvalue weighted by Crippen LogP contribution is -2.09. The number of pyridine rings is 2. The van der Waals surface area contributed by atoms with Crippen molar-refractivity contribution in [1.29, 1.82) is 0 Å². The topological polar surface area (TPSA) is 34.0 Å². The van der Waals surface area contributed by atoms with Gasteiger partial charge in [-0.05, 0) is 35.4 Å². The summed E-state index contributed by atoms with van der Waals surface area (Å²) in [5, 5.41) is 1.07. The fourth-order valence-corrected chi connectivity index (χ4v) is 3.32. The molecule has 4 nitrogen and oxygen atoms in total. The molecule has 136 valence electrons. The zero-order chi connectivity index (χ0) is 18.8. The average molecular weight is 360 g/mol. The molecule has 0 aliphatic heterocycles. The van der Waals surface area contributed by atoms with Crippen LogP contribution >= 0.6 is 0 Å². The fourth-order valence-electron chi connectivity index (χ4n) is 3.32. The number of hydrogen-bond donors (Lipinski definition) is 0. The summed E-state index contributed by atoms with van der Waals surface area (Å²) in [6.07, 6.45) is 5.44.